The van der Waals surface area contributed by atoms with Gasteiger partial charge in [-0.25, -0.2) is 19.0 Å². The molecule has 1 fully saturated rings. The van der Waals surface area contributed by atoms with Crippen molar-refractivity contribution >= 4 is 24.1 Å². The average molecular weight is 309 g/mol. The van der Waals surface area contributed by atoms with Gasteiger partial charge in [-0.15, -0.1) is 0 Å². The van der Waals surface area contributed by atoms with Crippen molar-refractivity contribution in [1.82, 2.24) is 5.32 Å². The largest absolute Gasteiger partial charge is 0.480 e. The molecule has 0 aromatic heterocycles. The minimum absolute atomic E-state index is 0.133. The van der Waals surface area contributed by atoms with Crippen LogP contribution in [0.25, 0.3) is 0 Å². The molecular weight excluding hydrogens is 292 g/mol. The smallest absolute Gasteiger partial charge is 0.372 e. The average Bonchev–Trinajstić information content (AvgIpc) is 2.93. The van der Waals surface area contributed by atoms with E-state index in [-0.39, 0.29) is 12.1 Å². The van der Waals surface area contributed by atoms with Crippen molar-refractivity contribution in [2.24, 2.45) is 0 Å². The number of carboxylic acid groups (broad SMARTS) is 3. The number of carbonyl (C=O) groups is 3. The molecule has 0 unspecified atom stereocenters. The summed E-state index contributed by atoms with van der Waals surface area (Å²) in [7, 11) is 0. The van der Waals surface area contributed by atoms with Crippen LogP contribution in [0.2, 0.25) is 0 Å². The van der Waals surface area contributed by atoms with Crippen molar-refractivity contribution in [1.29, 1.82) is 0 Å². The lowest BCUT2D eigenvalue weighted by Gasteiger charge is -2.21. The first-order valence-corrected chi connectivity index (χ1v) is 6.85. The maximum absolute atomic E-state index is 11.1. The van der Waals surface area contributed by atoms with Crippen LogP contribution in [0.5, 0.6) is 0 Å². The summed E-state index contributed by atoms with van der Waals surface area (Å²) in [6.45, 7) is 0.608. The van der Waals surface area contributed by atoms with E-state index in [0.717, 1.165) is 6.42 Å². The molecule has 22 heavy (non-hydrogen) atoms. The zero-order valence-corrected chi connectivity index (χ0v) is 11.7. The number of allylic oxidation sites excluding steroid dienone is 2. The standard InChI is InChI=1S/C14H16N2O6/c17-12(18)9-6-8(7-10(15-9)13(19)20)3-5-16-4-1-2-11(16)14(21)22/h3,5-6,10-11H,1-2,4,7H2,(H3,17,18,19,20,21,22)/p+1/t10-,11+/m1/s1. The van der Waals surface area contributed by atoms with Crippen LogP contribution in [0.3, 0.4) is 0 Å². The van der Waals surface area contributed by atoms with Crippen molar-refractivity contribution in [2.75, 3.05) is 6.54 Å². The topological polar surface area (TPSA) is 127 Å². The molecule has 4 N–H and O–H groups in total. The predicted octanol–water partition coefficient (Wildman–Crippen LogP) is -0.342. The molecule has 2 aliphatic rings. The van der Waals surface area contributed by atoms with Crippen LogP contribution < -0.4 is 5.32 Å². The summed E-state index contributed by atoms with van der Waals surface area (Å²) in [5.74, 6) is -3.27. The Morgan fingerprint density at radius 2 is 1.95 bits per heavy atom. The lowest BCUT2D eigenvalue weighted by atomic mass is 10.00. The van der Waals surface area contributed by atoms with E-state index in [4.69, 9.17) is 15.3 Å². The van der Waals surface area contributed by atoms with Crippen molar-refractivity contribution < 1.29 is 34.3 Å². The SMILES string of the molecule is O=C(O)C1=C/C(=C/C=[N+]2CCC[C@H]2C(=O)O)C[C@H](C(=O)O)N1. The normalized spacial score (nSPS) is 28.3. The molecular formula is C14H17N2O6+. The number of hydrogen-bond acceptors (Lipinski definition) is 4. The van der Waals surface area contributed by atoms with E-state index in [0.29, 0.717) is 18.5 Å². The van der Waals surface area contributed by atoms with E-state index in [9.17, 15) is 14.4 Å². The van der Waals surface area contributed by atoms with Gasteiger partial charge in [0.1, 0.15) is 18.3 Å². The van der Waals surface area contributed by atoms with Gasteiger partial charge < -0.3 is 20.6 Å². The maximum Gasteiger partial charge on any atom is 0.372 e. The van der Waals surface area contributed by atoms with Gasteiger partial charge in [-0.1, -0.05) is 0 Å². The molecule has 0 aliphatic carbocycles. The molecule has 0 spiro atoms. The van der Waals surface area contributed by atoms with Crippen LogP contribution in [0, 0.1) is 0 Å². The Bertz CT molecular complexity index is 604. The van der Waals surface area contributed by atoms with Crippen LogP contribution in [0.1, 0.15) is 19.3 Å². The Hall–Kier alpha value is -2.64. The molecule has 2 atom stereocenters. The fourth-order valence-corrected chi connectivity index (χ4v) is 2.57. The summed E-state index contributed by atoms with van der Waals surface area (Å²) >= 11 is 0. The van der Waals surface area contributed by atoms with Crippen molar-refractivity contribution in [3.63, 3.8) is 0 Å². The predicted molar refractivity (Wildman–Crippen MR) is 74.8 cm³/mol. The molecule has 2 heterocycles. The van der Waals surface area contributed by atoms with Gasteiger partial charge >= 0.3 is 17.9 Å². The molecule has 0 saturated carbocycles. The number of nitrogens with zero attached hydrogens (tertiary/aromatic N) is 1. The second-order valence-corrected chi connectivity index (χ2v) is 5.23. The summed E-state index contributed by atoms with van der Waals surface area (Å²) in [6, 6.07) is -1.60. The number of carboxylic acids is 3. The number of hydrogen-bond donors (Lipinski definition) is 4. The van der Waals surface area contributed by atoms with E-state index in [1.54, 1.807) is 16.9 Å². The third kappa shape index (κ3) is 3.51. The summed E-state index contributed by atoms with van der Waals surface area (Å²) in [5, 5.41) is 29.6. The Kier molecular flexibility index (Phi) is 4.59. The molecule has 0 aromatic carbocycles. The van der Waals surface area contributed by atoms with Crippen LogP contribution >= 0.6 is 0 Å². The van der Waals surface area contributed by atoms with Gasteiger partial charge in [0.2, 0.25) is 6.04 Å². The molecule has 1 saturated heterocycles. The van der Waals surface area contributed by atoms with E-state index in [2.05, 4.69) is 5.32 Å². The van der Waals surface area contributed by atoms with Gasteiger partial charge in [-0.3, -0.25) is 0 Å². The first-order valence-electron chi connectivity index (χ1n) is 6.85. The van der Waals surface area contributed by atoms with Crippen LogP contribution in [0.15, 0.2) is 23.4 Å². The molecule has 8 heteroatoms. The first kappa shape index (κ1) is 15.7. The zero-order chi connectivity index (χ0) is 16.3. The van der Waals surface area contributed by atoms with Gasteiger partial charge in [0.05, 0.1) is 0 Å². The molecule has 118 valence electrons. The van der Waals surface area contributed by atoms with E-state index in [1.807, 2.05) is 0 Å². The molecule has 0 bridgehead atoms. The summed E-state index contributed by atoms with van der Waals surface area (Å²) in [5.41, 5.74) is 0.342. The fraction of sp³-hybridized carbons (Fsp3) is 0.429. The van der Waals surface area contributed by atoms with Crippen molar-refractivity contribution in [3.05, 3.63) is 23.4 Å². The van der Waals surface area contributed by atoms with Gasteiger partial charge in [0.15, 0.2) is 6.21 Å². The van der Waals surface area contributed by atoms with Gasteiger partial charge in [0, 0.05) is 25.3 Å². The minimum Gasteiger partial charge on any atom is -0.480 e. The van der Waals surface area contributed by atoms with Crippen LogP contribution in [0.4, 0.5) is 0 Å². The summed E-state index contributed by atoms with van der Waals surface area (Å²) in [4.78, 5) is 33.2. The van der Waals surface area contributed by atoms with E-state index >= 15 is 0 Å². The Balaban J connectivity index is 2.25. The zero-order valence-electron chi connectivity index (χ0n) is 11.7. The van der Waals surface area contributed by atoms with Gasteiger partial charge in [0.25, 0.3) is 0 Å². The van der Waals surface area contributed by atoms with Crippen molar-refractivity contribution in [3.8, 4) is 0 Å². The third-order valence-electron chi connectivity index (χ3n) is 3.69. The number of rotatable bonds is 4. The van der Waals surface area contributed by atoms with Crippen LogP contribution in [-0.2, 0) is 14.4 Å². The van der Waals surface area contributed by atoms with E-state index < -0.39 is 30.0 Å². The maximum atomic E-state index is 11.1. The first-order chi connectivity index (χ1) is 10.4. The number of nitrogens with one attached hydrogen (secondary N) is 1. The Labute approximate surface area is 126 Å². The Morgan fingerprint density at radius 1 is 1.23 bits per heavy atom. The van der Waals surface area contributed by atoms with Crippen molar-refractivity contribution in [2.45, 2.75) is 31.3 Å². The summed E-state index contributed by atoms with van der Waals surface area (Å²) < 4.78 is 1.67. The molecule has 8 nitrogen and oxygen atoms in total. The van der Waals surface area contributed by atoms with Crippen LogP contribution in [-0.4, -0.2) is 62.6 Å². The number of aliphatic carboxylic acids is 3. The summed E-state index contributed by atoms with van der Waals surface area (Å²) in [6.07, 6.45) is 6.01. The molecule has 2 aliphatic heterocycles. The lowest BCUT2D eigenvalue weighted by Crippen LogP contribution is -2.41. The highest BCUT2D eigenvalue weighted by Gasteiger charge is 2.34. The highest BCUT2D eigenvalue weighted by atomic mass is 16.4. The second-order valence-electron chi connectivity index (χ2n) is 5.23. The molecule has 2 rings (SSSR count). The van der Waals surface area contributed by atoms with Gasteiger partial charge in [-0.2, -0.15) is 0 Å². The highest BCUT2D eigenvalue weighted by molar-refractivity contribution is 5.89. The third-order valence-corrected chi connectivity index (χ3v) is 3.69. The molecule has 0 radical (unpaired) electrons. The lowest BCUT2D eigenvalue weighted by molar-refractivity contribution is -0.527. The van der Waals surface area contributed by atoms with Gasteiger partial charge in [-0.05, 0) is 11.6 Å². The second kappa shape index (κ2) is 6.42. The monoisotopic (exact) mass is 309 g/mol. The fourth-order valence-electron chi connectivity index (χ4n) is 2.57. The molecule has 0 aromatic rings. The highest BCUT2D eigenvalue weighted by Crippen LogP contribution is 2.17. The minimum atomic E-state index is -1.23. The van der Waals surface area contributed by atoms with E-state index in [1.165, 1.54) is 6.08 Å². The Morgan fingerprint density at radius 3 is 2.55 bits per heavy atom. The quantitative estimate of drug-likeness (QED) is 0.523. The molecule has 0 amide bonds.